The van der Waals surface area contributed by atoms with Gasteiger partial charge in [0, 0.05) is 0 Å². The lowest BCUT2D eigenvalue weighted by Crippen LogP contribution is -2.23. The van der Waals surface area contributed by atoms with Crippen molar-refractivity contribution in [2.24, 2.45) is 5.92 Å². The first-order valence-corrected chi connectivity index (χ1v) is 8.60. The maximum absolute atomic E-state index is 10.9. The number of epoxide rings is 1. The first kappa shape index (κ1) is 15.8. The molecule has 3 nitrogen and oxygen atoms in total. The molecule has 0 amide bonds. The second-order valence-corrected chi connectivity index (χ2v) is 6.75. The summed E-state index contributed by atoms with van der Waals surface area (Å²) in [6.07, 6.45) is 16.9. The fraction of sp³-hybridized carbons (Fsp3) is 0.941. The van der Waals surface area contributed by atoms with Crippen LogP contribution in [0.5, 0.6) is 0 Å². The van der Waals surface area contributed by atoms with Crippen molar-refractivity contribution in [2.75, 3.05) is 6.61 Å². The Morgan fingerprint density at radius 1 is 1.00 bits per heavy atom. The Kier molecular flexibility index (Phi) is 6.34. The van der Waals surface area contributed by atoms with Crippen molar-refractivity contribution in [3.8, 4) is 0 Å². The van der Waals surface area contributed by atoms with Gasteiger partial charge in [0.25, 0.3) is 0 Å². The second kappa shape index (κ2) is 8.02. The Bertz CT molecular complexity index is 289. The Hall–Kier alpha value is -0.570. The van der Waals surface area contributed by atoms with Gasteiger partial charge in [0.05, 0.1) is 6.61 Å². The highest BCUT2D eigenvalue weighted by molar-refractivity contribution is 5.80. The average molecular weight is 282 g/mol. The summed E-state index contributed by atoms with van der Waals surface area (Å²) in [6.45, 7) is 0.421. The van der Waals surface area contributed by atoms with Crippen LogP contribution in [0.25, 0.3) is 0 Å². The molecule has 1 N–H and O–H groups in total. The monoisotopic (exact) mass is 282 g/mol. The van der Waals surface area contributed by atoms with E-state index in [2.05, 4.69) is 0 Å². The molecule has 1 aliphatic heterocycles. The van der Waals surface area contributed by atoms with E-state index in [4.69, 9.17) is 9.84 Å². The minimum absolute atomic E-state index is 0.421. The maximum Gasteiger partial charge on any atom is 0.338 e. The summed E-state index contributed by atoms with van der Waals surface area (Å²) in [5, 5.41) is 9.00. The van der Waals surface area contributed by atoms with Crippen LogP contribution >= 0.6 is 0 Å². The van der Waals surface area contributed by atoms with Crippen LogP contribution in [0.3, 0.4) is 0 Å². The number of carboxylic acids is 1. The standard InChI is InChI=1S/C17H30O3/c18-16(19)17(14-20-17)13-9-5-4-8-12-15-10-6-2-1-3-7-11-15/h15H,1-14H2,(H,18,19). The summed E-state index contributed by atoms with van der Waals surface area (Å²) < 4.78 is 5.09. The lowest BCUT2D eigenvalue weighted by Gasteiger charge is -2.19. The van der Waals surface area contributed by atoms with Crippen LogP contribution in [0, 0.1) is 5.92 Å². The molecule has 1 saturated carbocycles. The lowest BCUT2D eigenvalue weighted by atomic mass is 9.87. The molecule has 2 fully saturated rings. The van der Waals surface area contributed by atoms with Crippen LogP contribution in [-0.2, 0) is 9.53 Å². The Balaban J connectivity index is 1.47. The third-order valence-electron chi connectivity index (χ3n) is 5.05. The number of carbonyl (C=O) groups is 1. The van der Waals surface area contributed by atoms with Crippen LogP contribution in [0.2, 0.25) is 0 Å². The minimum atomic E-state index is -0.792. The molecule has 1 unspecified atom stereocenters. The van der Waals surface area contributed by atoms with E-state index in [-0.39, 0.29) is 0 Å². The van der Waals surface area contributed by atoms with Gasteiger partial charge in [-0.25, -0.2) is 4.79 Å². The molecule has 0 radical (unpaired) electrons. The number of hydrogen-bond donors (Lipinski definition) is 1. The van der Waals surface area contributed by atoms with Crippen LogP contribution in [0.1, 0.15) is 83.5 Å². The van der Waals surface area contributed by atoms with E-state index in [9.17, 15) is 4.79 Å². The average Bonchev–Trinajstić information content (AvgIpc) is 3.16. The van der Waals surface area contributed by atoms with E-state index < -0.39 is 11.6 Å². The van der Waals surface area contributed by atoms with E-state index in [1.54, 1.807) is 0 Å². The lowest BCUT2D eigenvalue weighted by molar-refractivity contribution is -0.143. The number of ether oxygens (including phenoxy) is 1. The normalized spacial score (nSPS) is 27.8. The quantitative estimate of drug-likeness (QED) is 0.525. The van der Waals surface area contributed by atoms with E-state index in [1.807, 2.05) is 0 Å². The largest absolute Gasteiger partial charge is 0.479 e. The molecule has 20 heavy (non-hydrogen) atoms. The second-order valence-electron chi connectivity index (χ2n) is 6.75. The van der Waals surface area contributed by atoms with Crippen molar-refractivity contribution in [2.45, 2.75) is 89.1 Å². The fourth-order valence-corrected chi connectivity index (χ4v) is 3.49. The molecule has 0 aromatic rings. The van der Waals surface area contributed by atoms with Crippen molar-refractivity contribution < 1.29 is 14.6 Å². The topological polar surface area (TPSA) is 49.8 Å². The van der Waals surface area contributed by atoms with Crippen molar-refractivity contribution in [3.05, 3.63) is 0 Å². The zero-order chi connectivity index (χ0) is 14.3. The number of rotatable bonds is 8. The van der Waals surface area contributed by atoms with Gasteiger partial charge in [0.2, 0.25) is 0 Å². The zero-order valence-electron chi connectivity index (χ0n) is 12.7. The molecule has 1 aliphatic carbocycles. The minimum Gasteiger partial charge on any atom is -0.479 e. The molecule has 0 bridgehead atoms. The van der Waals surface area contributed by atoms with Gasteiger partial charge in [-0.2, -0.15) is 0 Å². The Labute approximate surface area is 123 Å². The molecule has 1 atom stereocenters. The predicted octanol–water partition coefficient (Wildman–Crippen LogP) is 4.54. The third kappa shape index (κ3) is 5.08. The first-order chi connectivity index (χ1) is 9.73. The van der Waals surface area contributed by atoms with Gasteiger partial charge in [-0.05, 0) is 18.8 Å². The Morgan fingerprint density at radius 2 is 1.60 bits per heavy atom. The SMILES string of the molecule is O=C(O)C1(CCCCCCC2CCCCCCC2)CO1. The summed E-state index contributed by atoms with van der Waals surface area (Å²) in [6, 6.07) is 0. The molecular weight excluding hydrogens is 252 g/mol. The maximum atomic E-state index is 10.9. The fourth-order valence-electron chi connectivity index (χ4n) is 3.49. The van der Waals surface area contributed by atoms with E-state index in [0.717, 1.165) is 18.8 Å². The molecule has 3 heteroatoms. The van der Waals surface area contributed by atoms with Crippen molar-refractivity contribution in [3.63, 3.8) is 0 Å². The smallest absolute Gasteiger partial charge is 0.338 e. The molecule has 2 rings (SSSR count). The molecule has 0 aromatic heterocycles. The van der Waals surface area contributed by atoms with Gasteiger partial charge in [-0.1, -0.05) is 70.6 Å². The highest BCUT2D eigenvalue weighted by Crippen LogP contribution is 2.33. The van der Waals surface area contributed by atoms with Gasteiger partial charge in [0.15, 0.2) is 5.60 Å². The molecular formula is C17H30O3. The highest BCUT2D eigenvalue weighted by Gasteiger charge is 2.51. The first-order valence-electron chi connectivity index (χ1n) is 8.60. The van der Waals surface area contributed by atoms with Crippen molar-refractivity contribution in [1.29, 1.82) is 0 Å². The summed E-state index contributed by atoms with van der Waals surface area (Å²) >= 11 is 0. The van der Waals surface area contributed by atoms with Crippen LogP contribution in [0.15, 0.2) is 0 Å². The van der Waals surface area contributed by atoms with E-state index in [1.165, 1.54) is 64.2 Å². The summed E-state index contributed by atoms with van der Waals surface area (Å²) in [5.41, 5.74) is -0.792. The number of unbranched alkanes of at least 4 members (excludes halogenated alkanes) is 3. The summed E-state index contributed by atoms with van der Waals surface area (Å²) in [5.74, 6) is 0.194. The van der Waals surface area contributed by atoms with Crippen LogP contribution in [0.4, 0.5) is 0 Å². The highest BCUT2D eigenvalue weighted by atomic mass is 16.6. The van der Waals surface area contributed by atoms with Crippen molar-refractivity contribution in [1.82, 2.24) is 0 Å². The van der Waals surface area contributed by atoms with Crippen LogP contribution < -0.4 is 0 Å². The zero-order valence-corrected chi connectivity index (χ0v) is 12.7. The van der Waals surface area contributed by atoms with Gasteiger partial charge in [-0.3, -0.25) is 0 Å². The molecule has 1 heterocycles. The van der Waals surface area contributed by atoms with Gasteiger partial charge < -0.3 is 9.84 Å². The number of aliphatic carboxylic acids is 1. The molecule has 116 valence electrons. The summed E-state index contributed by atoms with van der Waals surface area (Å²) in [7, 11) is 0. The molecule has 0 aromatic carbocycles. The van der Waals surface area contributed by atoms with E-state index >= 15 is 0 Å². The summed E-state index contributed by atoms with van der Waals surface area (Å²) in [4.78, 5) is 10.9. The number of carboxylic acid groups (broad SMARTS) is 1. The number of hydrogen-bond acceptors (Lipinski definition) is 2. The molecule has 2 aliphatic rings. The van der Waals surface area contributed by atoms with Gasteiger partial charge in [-0.15, -0.1) is 0 Å². The third-order valence-corrected chi connectivity index (χ3v) is 5.05. The Morgan fingerprint density at radius 3 is 2.20 bits per heavy atom. The van der Waals surface area contributed by atoms with E-state index in [0.29, 0.717) is 13.0 Å². The van der Waals surface area contributed by atoms with Gasteiger partial charge in [0.1, 0.15) is 0 Å². The van der Waals surface area contributed by atoms with Crippen molar-refractivity contribution >= 4 is 5.97 Å². The van der Waals surface area contributed by atoms with Crippen LogP contribution in [-0.4, -0.2) is 23.3 Å². The predicted molar refractivity (Wildman–Crippen MR) is 79.8 cm³/mol. The molecule has 1 saturated heterocycles. The molecule has 0 spiro atoms. The van der Waals surface area contributed by atoms with Gasteiger partial charge >= 0.3 is 5.97 Å².